The summed E-state index contributed by atoms with van der Waals surface area (Å²) in [6, 6.07) is 16.9. The van der Waals surface area contributed by atoms with E-state index in [1.54, 1.807) is 42.5 Å². The Morgan fingerprint density at radius 1 is 0.862 bits per heavy atom. The van der Waals surface area contributed by atoms with Gasteiger partial charge in [-0.15, -0.1) is 0 Å². The minimum atomic E-state index is -3.81. The molecule has 0 aliphatic heterocycles. The van der Waals surface area contributed by atoms with Crippen LogP contribution in [-0.4, -0.2) is 19.5 Å². The van der Waals surface area contributed by atoms with E-state index < -0.39 is 16.0 Å². The quantitative estimate of drug-likeness (QED) is 0.477. The Morgan fingerprint density at radius 2 is 1.48 bits per heavy atom. The number of carbonyl (C=O) groups is 1. The van der Waals surface area contributed by atoms with Gasteiger partial charge >= 0.3 is 5.97 Å². The molecule has 148 valence electrons. The van der Waals surface area contributed by atoms with Crippen LogP contribution in [-0.2, 0) is 10.0 Å². The molecule has 0 radical (unpaired) electrons. The third kappa shape index (κ3) is 5.38. The molecule has 0 aromatic heterocycles. The van der Waals surface area contributed by atoms with E-state index >= 15 is 0 Å². The Balaban J connectivity index is 1.89. The van der Waals surface area contributed by atoms with Crippen molar-refractivity contribution < 1.29 is 18.3 Å². The van der Waals surface area contributed by atoms with Crippen molar-refractivity contribution >= 4 is 57.0 Å². The van der Waals surface area contributed by atoms with E-state index in [0.717, 1.165) is 5.56 Å². The molecule has 3 rings (SSSR count). The van der Waals surface area contributed by atoms with Crippen molar-refractivity contribution in [2.45, 2.75) is 4.90 Å². The van der Waals surface area contributed by atoms with Gasteiger partial charge in [0.25, 0.3) is 10.0 Å². The fourth-order valence-corrected chi connectivity index (χ4v) is 3.90. The standard InChI is InChI=1S/C21H15Cl2NO4S/c22-17-7-10-19(11-8-17)29(27,28)24-20-12-9-18(23)13-16(20)6-3-14-1-4-15(5-2-14)21(25)26/h1-13,24H,(H,25,26)/b6-3+. The highest BCUT2D eigenvalue weighted by atomic mass is 35.5. The topological polar surface area (TPSA) is 83.5 Å². The van der Waals surface area contributed by atoms with Crippen LogP contribution in [0.3, 0.4) is 0 Å². The summed E-state index contributed by atoms with van der Waals surface area (Å²) in [6.07, 6.45) is 3.43. The number of aromatic carboxylic acids is 1. The molecule has 2 N–H and O–H groups in total. The number of hydrogen-bond acceptors (Lipinski definition) is 3. The highest BCUT2D eigenvalue weighted by Gasteiger charge is 2.15. The number of halogens is 2. The molecule has 0 fully saturated rings. The van der Waals surface area contributed by atoms with E-state index in [4.69, 9.17) is 28.3 Å². The summed E-state index contributed by atoms with van der Waals surface area (Å²) in [5, 5.41) is 9.85. The molecule has 0 bridgehead atoms. The summed E-state index contributed by atoms with van der Waals surface area (Å²) < 4.78 is 27.9. The summed E-state index contributed by atoms with van der Waals surface area (Å²) in [7, 11) is -3.81. The Bertz CT molecular complexity index is 1170. The average Bonchev–Trinajstić information content (AvgIpc) is 2.68. The van der Waals surface area contributed by atoms with Crippen LogP contribution in [0, 0.1) is 0 Å². The van der Waals surface area contributed by atoms with Gasteiger partial charge in [-0.2, -0.15) is 0 Å². The second-order valence-electron chi connectivity index (χ2n) is 6.05. The van der Waals surface area contributed by atoms with Gasteiger partial charge < -0.3 is 5.11 Å². The smallest absolute Gasteiger partial charge is 0.335 e. The summed E-state index contributed by atoms with van der Waals surface area (Å²) in [5.74, 6) is -1.01. The zero-order valence-corrected chi connectivity index (χ0v) is 17.2. The molecular formula is C21H15Cl2NO4S. The maximum absolute atomic E-state index is 12.7. The normalized spacial score (nSPS) is 11.5. The molecule has 3 aromatic carbocycles. The first-order valence-corrected chi connectivity index (χ1v) is 10.6. The van der Waals surface area contributed by atoms with Gasteiger partial charge in [0.2, 0.25) is 0 Å². The van der Waals surface area contributed by atoms with E-state index in [2.05, 4.69) is 4.72 Å². The molecule has 0 amide bonds. The van der Waals surface area contributed by atoms with Gasteiger partial charge in [0.1, 0.15) is 0 Å². The lowest BCUT2D eigenvalue weighted by atomic mass is 10.1. The first-order chi connectivity index (χ1) is 13.7. The Hall–Kier alpha value is -2.80. The van der Waals surface area contributed by atoms with E-state index in [0.29, 0.717) is 21.3 Å². The lowest BCUT2D eigenvalue weighted by molar-refractivity contribution is 0.0697. The van der Waals surface area contributed by atoms with Crippen molar-refractivity contribution in [3.63, 3.8) is 0 Å². The molecule has 3 aromatic rings. The number of carboxylic acid groups (broad SMARTS) is 1. The number of sulfonamides is 1. The minimum absolute atomic E-state index is 0.0797. The summed E-state index contributed by atoms with van der Waals surface area (Å²) in [5.41, 5.74) is 1.84. The van der Waals surface area contributed by atoms with Crippen LogP contribution in [0.1, 0.15) is 21.5 Å². The van der Waals surface area contributed by atoms with Crippen molar-refractivity contribution in [2.24, 2.45) is 0 Å². The largest absolute Gasteiger partial charge is 0.478 e. The predicted molar refractivity (Wildman–Crippen MR) is 116 cm³/mol. The Morgan fingerprint density at radius 3 is 2.10 bits per heavy atom. The fourth-order valence-electron chi connectivity index (χ4n) is 2.50. The lowest BCUT2D eigenvalue weighted by Crippen LogP contribution is -2.13. The number of benzene rings is 3. The third-order valence-electron chi connectivity index (χ3n) is 3.99. The lowest BCUT2D eigenvalue weighted by Gasteiger charge is -2.11. The average molecular weight is 448 g/mol. The fraction of sp³-hybridized carbons (Fsp3) is 0. The molecule has 0 unspecified atom stereocenters. The van der Waals surface area contributed by atoms with Gasteiger partial charge in [-0.1, -0.05) is 47.5 Å². The summed E-state index contributed by atoms with van der Waals surface area (Å²) in [6.45, 7) is 0. The minimum Gasteiger partial charge on any atom is -0.478 e. The highest BCUT2D eigenvalue weighted by Crippen LogP contribution is 2.26. The van der Waals surface area contributed by atoms with Crippen LogP contribution in [0.25, 0.3) is 12.2 Å². The van der Waals surface area contributed by atoms with Gasteiger partial charge in [0, 0.05) is 15.6 Å². The van der Waals surface area contributed by atoms with E-state index in [9.17, 15) is 13.2 Å². The number of carboxylic acids is 1. The van der Waals surface area contributed by atoms with Crippen molar-refractivity contribution in [1.82, 2.24) is 0 Å². The molecule has 29 heavy (non-hydrogen) atoms. The number of hydrogen-bond donors (Lipinski definition) is 2. The van der Waals surface area contributed by atoms with E-state index in [1.807, 2.05) is 0 Å². The summed E-state index contributed by atoms with van der Waals surface area (Å²) in [4.78, 5) is 11.0. The molecule has 0 heterocycles. The maximum Gasteiger partial charge on any atom is 0.335 e. The van der Waals surface area contributed by atoms with E-state index in [-0.39, 0.29) is 10.5 Å². The van der Waals surface area contributed by atoms with Crippen LogP contribution < -0.4 is 4.72 Å². The number of anilines is 1. The Kier molecular flexibility index (Phi) is 6.27. The zero-order chi connectivity index (χ0) is 21.0. The SMILES string of the molecule is O=C(O)c1ccc(/C=C/c2cc(Cl)ccc2NS(=O)(=O)c2ccc(Cl)cc2)cc1. The van der Waals surface area contributed by atoms with Crippen molar-refractivity contribution in [3.8, 4) is 0 Å². The van der Waals surface area contributed by atoms with Gasteiger partial charge in [-0.25, -0.2) is 13.2 Å². The molecule has 5 nitrogen and oxygen atoms in total. The maximum atomic E-state index is 12.7. The second kappa shape index (κ2) is 8.69. The predicted octanol–water partition coefficient (Wildman–Crippen LogP) is 5.66. The van der Waals surface area contributed by atoms with Gasteiger partial charge in [-0.3, -0.25) is 4.72 Å². The summed E-state index contributed by atoms with van der Waals surface area (Å²) >= 11 is 11.9. The van der Waals surface area contributed by atoms with Crippen molar-refractivity contribution in [3.05, 3.63) is 93.5 Å². The third-order valence-corrected chi connectivity index (χ3v) is 5.86. The number of rotatable bonds is 6. The second-order valence-corrected chi connectivity index (χ2v) is 8.61. The Labute approximate surface area is 178 Å². The molecule has 0 saturated carbocycles. The van der Waals surface area contributed by atoms with Crippen molar-refractivity contribution in [2.75, 3.05) is 4.72 Å². The molecule has 0 aliphatic rings. The van der Waals surface area contributed by atoms with Crippen LogP contribution >= 0.6 is 23.2 Å². The van der Waals surface area contributed by atoms with E-state index in [1.165, 1.54) is 36.4 Å². The first kappa shape index (κ1) is 20.9. The van der Waals surface area contributed by atoms with Crippen LogP contribution in [0.15, 0.2) is 71.6 Å². The van der Waals surface area contributed by atoms with Gasteiger partial charge in [0.15, 0.2) is 0 Å². The van der Waals surface area contributed by atoms with Crippen LogP contribution in [0.2, 0.25) is 10.0 Å². The molecule has 0 spiro atoms. The molecule has 0 saturated heterocycles. The molecule has 0 atom stereocenters. The van der Waals surface area contributed by atoms with Gasteiger partial charge in [-0.05, 0) is 60.2 Å². The first-order valence-electron chi connectivity index (χ1n) is 8.34. The number of nitrogens with one attached hydrogen (secondary N) is 1. The zero-order valence-electron chi connectivity index (χ0n) is 14.8. The van der Waals surface area contributed by atoms with Gasteiger partial charge in [0.05, 0.1) is 16.1 Å². The monoisotopic (exact) mass is 447 g/mol. The van der Waals surface area contributed by atoms with Crippen molar-refractivity contribution in [1.29, 1.82) is 0 Å². The molecular weight excluding hydrogens is 433 g/mol. The molecule has 8 heteroatoms. The molecule has 0 aliphatic carbocycles. The highest BCUT2D eigenvalue weighted by molar-refractivity contribution is 7.92. The van der Waals surface area contributed by atoms with Crippen LogP contribution in [0.5, 0.6) is 0 Å². The van der Waals surface area contributed by atoms with Crippen LogP contribution in [0.4, 0.5) is 5.69 Å².